The van der Waals surface area contributed by atoms with Crippen LogP contribution < -0.4 is 10.2 Å². The van der Waals surface area contributed by atoms with Crippen molar-refractivity contribution in [3.8, 4) is 17.3 Å². The van der Waals surface area contributed by atoms with Crippen LogP contribution in [-0.4, -0.2) is 20.7 Å². The Bertz CT molecular complexity index is 1420. The third-order valence-electron chi connectivity index (χ3n) is 5.17. The molecule has 0 fully saturated rings. The van der Waals surface area contributed by atoms with Crippen molar-refractivity contribution in [3.05, 3.63) is 75.1 Å². The van der Waals surface area contributed by atoms with E-state index in [4.69, 9.17) is 11.6 Å². The van der Waals surface area contributed by atoms with E-state index in [0.717, 1.165) is 11.1 Å². The first kappa shape index (κ1) is 22.9. The first-order chi connectivity index (χ1) is 16.2. The molecule has 2 aromatic heterocycles. The molecular formula is C23H20ClN7O3. The summed E-state index contributed by atoms with van der Waals surface area (Å²) >= 11 is 6.10. The van der Waals surface area contributed by atoms with E-state index in [1.54, 1.807) is 30.5 Å². The van der Waals surface area contributed by atoms with E-state index in [0.29, 0.717) is 27.4 Å². The number of nitrogens with zero attached hydrogens (tertiary/aromatic N) is 6. The molecule has 4 rings (SSSR count). The van der Waals surface area contributed by atoms with E-state index >= 15 is 0 Å². The molecule has 0 amide bonds. The van der Waals surface area contributed by atoms with Crippen molar-refractivity contribution < 1.29 is 9.53 Å². The maximum Gasteiger partial charge on any atom is 0.302 e. The predicted octanol–water partition coefficient (Wildman–Crippen LogP) is 5.07. The number of nitriles is 1. The number of aromatic nitrogens is 3. The van der Waals surface area contributed by atoms with Crippen LogP contribution in [0.5, 0.6) is 0 Å². The standard InChI is InChI=1S/C23H20ClN7O3/c1-23(2,3)30(29-32)13-14-8-15(22-21(12-25)31(33)34-28-22)10-17(9-14)27-19-6-7-26-20-11-16(24)4-5-18(19)20/h4-11H,13H2,1-3H3,(H,26,27). The number of hydrogen-bond donors (Lipinski definition) is 1. The normalized spacial score (nSPS) is 11.3. The van der Waals surface area contributed by atoms with Crippen LogP contribution in [0.1, 0.15) is 32.0 Å². The van der Waals surface area contributed by atoms with Gasteiger partial charge >= 0.3 is 5.69 Å². The first-order valence-electron chi connectivity index (χ1n) is 10.3. The zero-order valence-corrected chi connectivity index (χ0v) is 19.4. The van der Waals surface area contributed by atoms with Gasteiger partial charge in [-0.05, 0) is 73.7 Å². The maximum absolute atomic E-state index is 11.8. The summed E-state index contributed by atoms with van der Waals surface area (Å²) in [5.74, 6) is 0. The van der Waals surface area contributed by atoms with Gasteiger partial charge in [0.25, 0.3) is 5.69 Å². The molecule has 4 aromatic rings. The van der Waals surface area contributed by atoms with Gasteiger partial charge < -0.3 is 10.5 Å². The summed E-state index contributed by atoms with van der Waals surface area (Å²) in [5.41, 5.74) is 2.60. The topological polar surface area (TPSA) is 134 Å². The van der Waals surface area contributed by atoms with Crippen LogP contribution in [0.2, 0.25) is 5.02 Å². The van der Waals surface area contributed by atoms with Crippen LogP contribution in [0.25, 0.3) is 22.2 Å². The van der Waals surface area contributed by atoms with E-state index in [1.165, 1.54) is 5.01 Å². The van der Waals surface area contributed by atoms with E-state index < -0.39 is 5.54 Å². The summed E-state index contributed by atoms with van der Waals surface area (Å²) in [6, 6.07) is 14.4. The third kappa shape index (κ3) is 4.60. The van der Waals surface area contributed by atoms with Gasteiger partial charge in [0.1, 0.15) is 0 Å². The minimum Gasteiger partial charge on any atom is -0.358 e. The third-order valence-corrected chi connectivity index (χ3v) is 5.41. The number of pyridine rings is 1. The fraction of sp³-hybridized carbons (Fsp3) is 0.217. The molecule has 2 heterocycles. The second-order valence-electron chi connectivity index (χ2n) is 8.61. The lowest BCUT2D eigenvalue weighted by Gasteiger charge is -2.30. The summed E-state index contributed by atoms with van der Waals surface area (Å²) < 4.78 is 4.63. The molecule has 0 unspecified atom stereocenters. The molecule has 0 saturated carbocycles. The van der Waals surface area contributed by atoms with Crippen LogP contribution in [0.4, 0.5) is 11.4 Å². The lowest BCUT2D eigenvalue weighted by Crippen LogP contribution is -2.36. The van der Waals surface area contributed by atoms with Crippen molar-refractivity contribution in [1.82, 2.24) is 15.1 Å². The van der Waals surface area contributed by atoms with Gasteiger partial charge in [0.2, 0.25) is 0 Å². The number of halogens is 1. The molecule has 34 heavy (non-hydrogen) atoms. The molecule has 11 heteroatoms. The van der Waals surface area contributed by atoms with Crippen molar-refractivity contribution in [1.29, 1.82) is 5.26 Å². The second-order valence-corrected chi connectivity index (χ2v) is 9.05. The Morgan fingerprint density at radius 3 is 2.76 bits per heavy atom. The minimum atomic E-state index is -0.518. The zero-order chi connectivity index (χ0) is 24.5. The van der Waals surface area contributed by atoms with Gasteiger partial charge in [-0.2, -0.15) is 5.26 Å². The Morgan fingerprint density at radius 2 is 2.06 bits per heavy atom. The van der Waals surface area contributed by atoms with Crippen molar-refractivity contribution in [2.45, 2.75) is 32.9 Å². The first-order valence-corrected chi connectivity index (χ1v) is 10.6. The Balaban J connectivity index is 1.82. The fourth-order valence-corrected chi connectivity index (χ4v) is 3.64. The Kier molecular flexibility index (Phi) is 6.04. The molecule has 2 aromatic carbocycles. The Morgan fingerprint density at radius 1 is 1.26 bits per heavy atom. The molecule has 0 aliphatic rings. The van der Waals surface area contributed by atoms with E-state index in [1.807, 2.05) is 45.0 Å². The van der Waals surface area contributed by atoms with Crippen LogP contribution in [-0.2, 0) is 6.54 Å². The van der Waals surface area contributed by atoms with Crippen molar-refractivity contribution in [2.24, 2.45) is 5.29 Å². The summed E-state index contributed by atoms with van der Waals surface area (Å²) in [5, 5.41) is 34.3. The lowest BCUT2D eigenvalue weighted by atomic mass is 10.0. The highest BCUT2D eigenvalue weighted by Gasteiger charge is 2.25. The van der Waals surface area contributed by atoms with Gasteiger partial charge in [0.05, 0.1) is 22.9 Å². The van der Waals surface area contributed by atoms with Gasteiger partial charge in [0, 0.05) is 38.7 Å². The monoisotopic (exact) mass is 477 g/mol. The number of fused-ring (bicyclic) bond motifs is 1. The average Bonchev–Trinajstić information content (AvgIpc) is 3.17. The fourth-order valence-electron chi connectivity index (χ4n) is 3.47. The molecule has 0 spiro atoms. The predicted molar refractivity (Wildman–Crippen MR) is 127 cm³/mol. The molecule has 1 N–H and O–H groups in total. The molecule has 0 atom stereocenters. The Labute approximate surface area is 199 Å². The van der Waals surface area contributed by atoms with Crippen LogP contribution in [0, 0.1) is 21.4 Å². The SMILES string of the molecule is CC(C)(C)N(Cc1cc(Nc2ccnc3cc(Cl)ccc23)cc(-c2no[n+]([O-])c2C#N)c1)N=O. The molecule has 0 saturated heterocycles. The molecule has 0 radical (unpaired) electrons. The highest BCUT2D eigenvalue weighted by atomic mass is 35.5. The molecule has 10 nitrogen and oxygen atoms in total. The summed E-state index contributed by atoms with van der Waals surface area (Å²) in [6.45, 7) is 5.81. The largest absolute Gasteiger partial charge is 0.358 e. The zero-order valence-electron chi connectivity index (χ0n) is 18.6. The van der Waals surface area contributed by atoms with Gasteiger partial charge in [-0.3, -0.25) is 14.6 Å². The number of hydrogen-bond acceptors (Lipinski definition) is 8. The number of anilines is 2. The smallest absolute Gasteiger partial charge is 0.302 e. The van der Waals surface area contributed by atoms with Crippen LogP contribution >= 0.6 is 11.6 Å². The molecule has 0 bridgehead atoms. The van der Waals surface area contributed by atoms with Crippen molar-refractivity contribution in [2.75, 3.05) is 5.32 Å². The Hall–Kier alpha value is -4.23. The average molecular weight is 478 g/mol. The molecule has 172 valence electrons. The van der Waals surface area contributed by atoms with E-state index in [9.17, 15) is 15.4 Å². The van der Waals surface area contributed by atoms with E-state index in [2.05, 4.69) is 25.4 Å². The van der Waals surface area contributed by atoms with E-state index in [-0.39, 0.29) is 22.8 Å². The lowest BCUT2D eigenvalue weighted by molar-refractivity contribution is -0.804. The van der Waals surface area contributed by atoms with Crippen molar-refractivity contribution >= 4 is 33.9 Å². The van der Waals surface area contributed by atoms with Gasteiger partial charge in [-0.15, -0.1) is 4.91 Å². The van der Waals surface area contributed by atoms with Crippen LogP contribution in [0.3, 0.4) is 0 Å². The summed E-state index contributed by atoms with van der Waals surface area (Å²) in [6.07, 6.45) is 1.66. The van der Waals surface area contributed by atoms with Gasteiger partial charge in [0.15, 0.2) is 6.07 Å². The highest BCUT2D eigenvalue weighted by Crippen LogP contribution is 2.31. The van der Waals surface area contributed by atoms with Crippen molar-refractivity contribution in [3.63, 3.8) is 0 Å². The number of nitrogens with one attached hydrogen (secondary N) is 1. The minimum absolute atomic E-state index is 0.0592. The quantitative estimate of drug-likeness (QED) is 0.231. The summed E-state index contributed by atoms with van der Waals surface area (Å²) in [7, 11) is 0. The van der Waals surface area contributed by atoms with Crippen LogP contribution in [0.15, 0.2) is 58.6 Å². The maximum atomic E-state index is 11.8. The number of rotatable bonds is 6. The highest BCUT2D eigenvalue weighted by molar-refractivity contribution is 6.31. The van der Waals surface area contributed by atoms with Gasteiger partial charge in [-0.25, -0.2) is 0 Å². The molecule has 0 aliphatic heterocycles. The molecule has 0 aliphatic carbocycles. The summed E-state index contributed by atoms with van der Waals surface area (Å²) in [4.78, 5) is 15.9. The number of benzene rings is 2. The number of nitroso groups, excluding NO2 is 1. The second kappa shape index (κ2) is 8.96. The molecular weight excluding hydrogens is 458 g/mol. The van der Waals surface area contributed by atoms with Gasteiger partial charge in [-0.1, -0.05) is 11.6 Å².